The van der Waals surface area contributed by atoms with E-state index in [2.05, 4.69) is 5.32 Å². The van der Waals surface area contributed by atoms with Crippen molar-refractivity contribution >= 4 is 0 Å². The van der Waals surface area contributed by atoms with Gasteiger partial charge in [-0.3, -0.25) is 4.90 Å². The minimum atomic E-state index is -2.45. The van der Waals surface area contributed by atoms with Crippen LogP contribution in [0.15, 0.2) is 0 Å². The molecule has 2 heterocycles. The molecule has 2 nitrogen and oxygen atoms in total. The van der Waals surface area contributed by atoms with E-state index in [4.69, 9.17) is 0 Å². The predicted octanol–water partition coefficient (Wildman–Crippen LogP) is 1.47. The second-order valence-corrected chi connectivity index (χ2v) is 4.49. The quantitative estimate of drug-likeness (QED) is 0.732. The summed E-state index contributed by atoms with van der Waals surface area (Å²) in [6.45, 7) is 2.66. The van der Waals surface area contributed by atoms with E-state index in [0.29, 0.717) is 12.5 Å². The van der Waals surface area contributed by atoms with Crippen LogP contribution in [-0.2, 0) is 0 Å². The van der Waals surface area contributed by atoms with Gasteiger partial charge in [0.1, 0.15) is 0 Å². The van der Waals surface area contributed by atoms with Crippen LogP contribution in [0, 0.1) is 0 Å². The van der Waals surface area contributed by atoms with Crippen LogP contribution in [-0.4, -0.2) is 43.0 Å². The fraction of sp³-hybridized carbons (Fsp3) is 1.00. The number of hydrogen-bond donors (Lipinski definition) is 1. The molecule has 4 heteroatoms. The standard InChI is InChI=1S/C10H18F2N2/c11-10(12)4-2-6-14(8-10)7-9-3-1-5-13-9/h9,13H,1-8H2. The molecular weight excluding hydrogens is 186 g/mol. The van der Waals surface area contributed by atoms with Crippen LogP contribution >= 0.6 is 0 Å². The molecule has 0 aromatic carbocycles. The summed E-state index contributed by atoms with van der Waals surface area (Å²) in [5, 5.41) is 3.34. The maximum atomic E-state index is 13.1. The lowest BCUT2D eigenvalue weighted by molar-refractivity contribution is -0.0652. The van der Waals surface area contributed by atoms with Crippen molar-refractivity contribution in [3.63, 3.8) is 0 Å². The van der Waals surface area contributed by atoms with Gasteiger partial charge in [-0.25, -0.2) is 8.78 Å². The number of hydrogen-bond acceptors (Lipinski definition) is 2. The molecule has 2 saturated heterocycles. The van der Waals surface area contributed by atoms with Gasteiger partial charge in [-0.15, -0.1) is 0 Å². The van der Waals surface area contributed by atoms with Crippen LogP contribution in [0.2, 0.25) is 0 Å². The van der Waals surface area contributed by atoms with Gasteiger partial charge in [-0.1, -0.05) is 0 Å². The second-order valence-electron chi connectivity index (χ2n) is 4.49. The van der Waals surface area contributed by atoms with E-state index in [1.54, 1.807) is 0 Å². The summed E-state index contributed by atoms with van der Waals surface area (Å²) < 4.78 is 26.1. The Morgan fingerprint density at radius 3 is 2.86 bits per heavy atom. The van der Waals surface area contributed by atoms with Crippen molar-refractivity contribution < 1.29 is 8.78 Å². The Hall–Kier alpha value is -0.220. The summed E-state index contributed by atoms with van der Waals surface area (Å²) in [5.41, 5.74) is 0. The Kier molecular flexibility index (Phi) is 3.02. The van der Waals surface area contributed by atoms with Crippen LogP contribution in [0.4, 0.5) is 8.78 Å². The van der Waals surface area contributed by atoms with Gasteiger partial charge in [-0.2, -0.15) is 0 Å². The van der Waals surface area contributed by atoms with Gasteiger partial charge in [-0.05, 0) is 32.4 Å². The van der Waals surface area contributed by atoms with E-state index in [-0.39, 0.29) is 13.0 Å². The Balaban J connectivity index is 1.79. The largest absolute Gasteiger partial charge is 0.313 e. The fourth-order valence-corrected chi connectivity index (χ4v) is 2.43. The van der Waals surface area contributed by atoms with Gasteiger partial charge < -0.3 is 5.32 Å². The molecule has 0 aromatic heterocycles. The molecule has 0 aliphatic carbocycles. The Morgan fingerprint density at radius 1 is 1.36 bits per heavy atom. The van der Waals surface area contributed by atoms with Gasteiger partial charge in [0.25, 0.3) is 5.92 Å². The van der Waals surface area contributed by atoms with Crippen LogP contribution in [0.1, 0.15) is 25.7 Å². The molecule has 0 aromatic rings. The predicted molar refractivity (Wildman–Crippen MR) is 51.6 cm³/mol. The van der Waals surface area contributed by atoms with Crippen LogP contribution < -0.4 is 5.32 Å². The molecule has 1 atom stereocenters. The van der Waals surface area contributed by atoms with E-state index in [1.165, 1.54) is 6.42 Å². The molecule has 14 heavy (non-hydrogen) atoms. The topological polar surface area (TPSA) is 15.3 Å². The van der Waals surface area contributed by atoms with Crippen LogP contribution in [0.3, 0.4) is 0 Å². The number of halogens is 2. The van der Waals surface area contributed by atoms with Gasteiger partial charge in [0.2, 0.25) is 0 Å². The Bertz CT molecular complexity index is 191. The van der Waals surface area contributed by atoms with Crippen molar-refractivity contribution in [2.45, 2.75) is 37.6 Å². The summed E-state index contributed by atoms with van der Waals surface area (Å²) >= 11 is 0. The lowest BCUT2D eigenvalue weighted by atomic mass is 10.1. The molecule has 0 amide bonds. The Morgan fingerprint density at radius 2 is 2.21 bits per heavy atom. The first-order valence-electron chi connectivity index (χ1n) is 5.49. The smallest absolute Gasteiger partial charge is 0.260 e. The molecule has 0 bridgehead atoms. The van der Waals surface area contributed by atoms with E-state index in [1.807, 2.05) is 4.90 Å². The Labute approximate surface area is 83.7 Å². The molecule has 0 radical (unpaired) electrons. The fourth-order valence-electron chi connectivity index (χ4n) is 2.43. The SMILES string of the molecule is FC1(F)CCCN(CC2CCCN2)C1. The summed E-state index contributed by atoms with van der Waals surface area (Å²) in [7, 11) is 0. The summed E-state index contributed by atoms with van der Waals surface area (Å²) in [6.07, 6.45) is 3.04. The lowest BCUT2D eigenvalue weighted by Crippen LogP contribution is -2.47. The van der Waals surface area contributed by atoms with Gasteiger partial charge in [0, 0.05) is 19.0 Å². The monoisotopic (exact) mass is 204 g/mol. The third kappa shape index (κ3) is 2.64. The van der Waals surface area contributed by atoms with Crippen LogP contribution in [0.5, 0.6) is 0 Å². The summed E-state index contributed by atoms with van der Waals surface area (Å²) in [5.74, 6) is -2.45. The van der Waals surface area contributed by atoms with E-state index in [9.17, 15) is 8.78 Å². The summed E-state index contributed by atoms with van der Waals surface area (Å²) in [6, 6.07) is 0.448. The number of likely N-dealkylation sites (tertiary alicyclic amines) is 1. The van der Waals surface area contributed by atoms with Crippen molar-refractivity contribution in [3.8, 4) is 0 Å². The molecular formula is C10H18F2N2. The molecule has 2 fully saturated rings. The molecule has 2 rings (SSSR count). The maximum absolute atomic E-state index is 13.1. The average Bonchev–Trinajstić information content (AvgIpc) is 2.54. The molecule has 82 valence electrons. The number of piperidine rings is 1. The first-order valence-corrected chi connectivity index (χ1v) is 5.49. The minimum absolute atomic E-state index is 0.0365. The van der Waals surface area contributed by atoms with Gasteiger partial charge in [0.15, 0.2) is 0 Å². The highest BCUT2D eigenvalue weighted by Gasteiger charge is 2.35. The van der Waals surface area contributed by atoms with Crippen molar-refractivity contribution in [1.29, 1.82) is 0 Å². The van der Waals surface area contributed by atoms with E-state index < -0.39 is 5.92 Å². The van der Waals surface area contributed by atoms with Crippen molar-refractivity contribution in [3.05, 3.63) is 0 Å². The third-order valence-electron chi connectivity index (χ3n) is 3.11. The van der Waals surface area contributed by atoms with Gasteiger partial charge in [0.05, 0.1) is 6.54 Å². The van der Waals surface area contributed by atoms with Crippen molar-refractivity contribution in [2.75, 3.05) is 26.2 Å². The maximum Gasteiger partial charge on any atom is 0.260 e. The zero-order chi connectivity index (χ0) is 10.0. The molecule has 1 N–H and O–H groups in total. The van der Waals surface area contributed by atoms with Gasteiger partial charge >= 0.3 is 0 Å². The van der Waals surface area contributed by atoms with Crippen LogP contribution in [0.25, 0.3) is 0 Å². The number of alkyl halides is 2. The summed E-state index contributed by atoms with van der Waals surface area (Å²) in [4.78, 5) is 1.91. The average molecular weight is 204 g/mol. The highest BCUT2D eigenvalue weighted by Crippen LogP contribution is 2.26. The highest BCUT2D eigenvalue weighted by atomic mass is 19.3. The second kappa shape index (κ2) is 4.11. The molecule has 1 unspecified atom stereocenters. The molecule has 0 spiro atoms. The zero-order valence-corrected chi connectivity index (χ0v) is 8.44. The highest BCUT2D eigenvalue weighted by molar-refractivity contribution is 4.83. The van der Waals surface area contributed by atoms with E-state index >= 15 is 0 Å². The number of nitrogens with zero attached hydrogens (tertiary/aromatic N) is 1. The van der Waals surface area contributed by atoms with Crippen molar-refractivity contribution in [1.82, 2.24) is 10.2 Å². The minimum Gasteiger partial charge on any atom is -0.313 e. The van der Waals surface area contributed by atoms with Crippen molar-refractivity contribution in [2.24, 2.45) is 0 Å². The molecule has 0 saturated carbocycles. The molecule has 2 aliphatic heterocycles. The normalized spacial score (nSPS) is 33.4. The molecule has 2 aliphatic rings. The first kappa shape index (κ1) is 10.3. The zero-order valence-electron chi connectivity index (χ0n) is 8.44. The van der Waals surface area contributed by atoms with E-state index in [0.717, 1.165) is 26.1 Å². The first-order chi connectivity index (χ1) is 6.66. The number of rotatable bonds is 2. The third-order valence-corrected chi connectivity index (χ3v) is 3.11. The lowest BCUT2D eigenvalue weighted by Gasteiger charge is -2.33. The number of nitrogens with one attached hydrogen (secondary N) is 1.